The maximum absolute atomic E-state index is 12.1. The van der Waals surface area contributed by atoms with E-state index in [2.05, 4.69) is 24.3 Å². The Kier molecular flexibility index (Phi) is 5.07. The van der Waals surface area contributed by atoms with Crippen LogP contribution in [0.3, 0.4) is 0 Å². The van der Waals surface area contributed by atoms with Crippen LogP contribution in [0.2, 0.25) is 0 Å². The van der Waals surface area contributed by atoms with Gasteiger partial charge in [0.1, 0.15) is 0 Å². The summed E-state index contributed by atoms with van der Waals surface area (Å²) < 4.78 is 24.2. The molecule has 0 spiro atoms. The number of rotatable bonds is 5. The minimum Gasteiger partial charge on any atom is -0.224 e. The van der Waals surface area contributed by atoms with Gasteiger partial charge in [-0.1, -0.05) is 72.8 Å². The summed E-state index contributed by atoms with van der Waals surface area (Å²) in [5.74, 6) is 0. The van der Waals surface area contributed by atoms with Gasteiger partial charge in [0.05, 0.1) is 10.1 Å². The summed E-state index contributed by atoms with van der Waals surface area (Å²) in [6, 6.07) is 27.5. The van der Waals surface area contributed by atoms with Crippen LogP contribution in [-0.4, -0.2) is 14.7 Å². The number of hydrogen-bond donors (Lipinski definition) is 0. The molecular weight excluding hydrogens is 336 g/mol. The molecule has 4 heteroatoms. The summed E-state index contributed by atoms with van der Waals surface area (Å²) in [4.78, 5) is 1.16. The summed E-state index contributed by atoms with van der Waals surface area (Å²) in [7, 11) is -3.26. The highest BCUT2D eigenvalue weighted by atomic mass is 32.2. The third kappa shape index (κ3) is 3.89. The Morgan fingerprint density at radius 2 is 1.17 bits per heavy atom. The molecule has 0 atom stereocenters. The molecule has 0 radical (unpaired) electrons. The molecule has 0 aliphatic carbocycles. The molecular formula is C20H18O2S2. The largest absolute Gasteiger partial charge is 0.224 e. The molecule has 0 aliphatic heterocycles. The van der Waals surface area contributed by atoms with Crippen LogP contribution in [0.25, 0.3) is 0 Å². The van der Waals surface area contributed by atoms with Crippen molar-refractivity contribution in [2.24, 2.45) is 0 Å². The van der Waals surface area contributed by atoms with Crippen molar-refractivity contribution in [3.63, 3.8) is 0 Å². The van der Waals surface area contributed by atoms with Crippen LogP contribution in [-0.2, 0) is 9.84 Å². The monoisotopic (exact) mass is 354 g/mol. The van der Waals surface area contributed by atoms with E-state index in [-0.39, 0.29) is 5.25 Å². The van der Waals surface area contributed by atoms with Crippen LogP contribution in [0.1, 0.15) is 16.4 Å². The van der Waals surface area contributed by atoms with Gasteiger partial charge in [0.2, 0.25) is 0 Å². The van der Waals surface area contributed by atoms with Crippen molar-refractivity contribution < 1.29 is 8.42 Å². The van der Waals surface area contributed by atoms with E-state index in [0.717, 1.165) is 16.0 Å². The highest BCUT2D eigenvalue weighted by molar-refractivity contribution is 8.00. The van der Waals surface area contributed by atoms with E-state index in [4.69, 9.17) is 0 Å². The predicted octanol–water partition coefficient (Wildman–Crippen LogP) is 4.97. The van der Waals surface area contributed by atoms with Crippen LogP contribution in [0.5, 0.6) is 0 Å². The molecule has 3 aromatic rings. The average Bonchev–Trinajstić information content (AvgIpc) is 2.61. The second-order valence-corrected chi connectivity index (χ2v) is 8.67. The van der Waals surface area contributed by atoms with Crippen molar-refractivity contribution in [2.75, 3.05) is 6.26 Å². The molecule has 24 heavy (non-hydrogen) atoms. The number of sulfone groups is 1. The molecule has 0 amide bonds. The van der Waals surface area contributed by atoms with Gasteiger partial charge in [-0.3, -0.25) is 0 Å². The molecule has 0 bridgehead atoms. The van der Waals surface area contributed by atoms with Crippen LogP contribution >= 0.6 is 11.8 Å². The van der Waals surface area contributed by atoms with Crippen LogP contribution < -0.4 is 0 Å². The molecule has 0 aromatic heterocycles. The Bertz CT molecular complexity index is 865. The highest BCUT2D eigenvalue weighted by Gasteiger charge is 2.20. The van der Waals surface area contributed by atoms with Gasteiger partial charge in [0.15, 0.2) is 9.84 Å². The first-order chi connectivity index (χ1) is 11.6. The molecule has 2 nitrogen and oxygen atoms in total. The lowest BCUT2D eigenvalue weighted by molar-refractivity contribution is 0.600. The maximum atomic E-state index is 12.1. The predicted molar refractivity (Wildman–Crippen MR) is 100 cm³/mol. The molecule has 0 fully saturated rings. The lowest BCUT2D eigenvalue weighted by Gasteiger charge is -2.19. The van der Waals surface area contributed by atoms with Crippen LogP contribution in [0.4, 0.5) is 0 Å². The van der Waals surface area contributed by atoms with E-state index in [1.807, 2.05) is 48.5 Å². The first kappa shape index (κ1) is 16.8. The average molecular weight is 354 g/mol. The van der Waals surface area contributed by atoms with Gasteiger partial charge < -0.3 is 0 Å². The molecule has 0 N–H and O–H groups in total. The Hall–Kier alpha value is -2.04. The zero-order valence-corrected chi connectivity index (χ0v) is 14.9. The van der Waals surface area contributed by atoms with E-state index < -0.39 is 9.84 Å². The van der Waals surface area contributed by atoms with Gasteiger partial charge in [-0.2, -0.15) is 0 Å². The fraction of sp³-hybridized carbons (Fsp3) is 0.100. The first-order valence-corrected chi connectivity index (χ1v) is 10.4. The number of thioether (sulfide) groups is 1. The number of benzene rings is 3. The third-order valence-corrected chi connectivity index (χ3v) is 6.37. The summed E-state index contributed by atoms with van der Waals surface area (Å²) in [6.45, 7) is 0. The molecule has 0 aliphatic rings. The quantitative estimate of drug-likeness (QED) is 0.607. The van der Waals surface area contributed by atoms with Crippen LogP contribution in [0.15, 0.2) is 94.7 Å². The van der Waals surface area contributed by atoms with E-state index in [1.165, 1.54) is 6.26 Å². The standard InChI is InChI=1S/C20H18O2S2/c1-24(21,22)19-15-9-8-14-18(19)23-20(16-10-4-2-5-11-16)17-12-6-3-7-13-17/h2-15,20H,1H3. The first-order valence-electron chi connectivity index (χ1n) is 7.61. The zero-order valence-electron chi connectivity index (χ0n) is 13.3. The van der Waals surface area contributed by atoms with Crippen molar-refractivity contribution in [3.05, 3.63) is 96.1 Å². The Balaban J connectivity index is 2.07. The molecule has 3 rings (SSSR count). The maximum Gasteiger partial charge on any atom is 0.176 e. The minimum absolute atomic E-state index is 0.0373. The smallest absolute Gasteiger partial charge is 0.176 e. The molecule has 122 valence electrons. The van der Waals surface area contributed by atoms with Crippen molar-refractivity contribution in [2.45, 2.75) is 15.0 Å². The summed E-state index contributed by atoms with van der Waals surface area (Å²) in [5, 5.41) is 0.0373. The molecule has 3 aromatic carbocycles. The van der Waals surface area contributed by atoms with Gasteiger partial charge in [0, 0.05) is 11.2 Å². The van der Waals surface area contributed by atoms with E-state index in [1.54, 1.807) is 23.9 Å². The van der Waals surface area contributed by atoms with Gasteiger partial charge in [-0.05, 0) is 23.3 Å². The van der Waals surface area contributed by atoms with Crippen molar-refractivity contribution in [1.82, 2.24) is 0 Å². The molecule has 0 unspecified atom stereocenters. The lowest BCUT2D eigenvalue weighted by Crippen LogP contribution is -2.02. The topological polar surface area (TPSA) is 34.1 Å². The van der Waals surface area contributed by atoms with E-state index in [0.29, 0.717) is 4.90 Å². The SMILES string of the molecule is CS(=O)(=O)c1ccccc1SC(c1ccccc1)c1ccccc1. The van der Waals surface area contributed by atoms with E-state index >= 15 is 0 Å². The van der Waals surface area contributed by atoms with Crippen LogP contribution in [0, 0.1) is 0 Å². The molecule has 0 heterocycles. The second-order valence-electron chi connectivity index (χ2n) is 5.54. The highest BCUT2D eigenvalue weighted by Crippen LogP contribution is 2.42. The van der Waals surface area contributed by atoms with Gasteiger partial charge in [-0.15, -0.1) is 11.8 Å². The normalized spacial score (nSPS) is 11.6. The molecule has 0 saturated carbocycles. The van der Waals surface area contributed by atoms with Gasteiger partial charge >= 0.3 is 0 Å². The fourth-order valence-electron chi connectivity index (χ4n) is 2.57. The lowest BCUT2D eigenvalue weighted by atomic mass is 10.0. The van der Waals surface area contributed by atoms with Crippen molar-refractivity contribution in [3.8, 4) is 0 Å². The fourth-order valence-corrected chi connectivity index (χ4v) is 5.10. The Morgan fingerprint density at radius 1 is 0.708 bits per heavy atom. The minimum atomic E-state index is -3.26. The van der Waals surface area contributed by atoms with E-state index in [9.17, 15) is 8.42 Å². The zero-order chi connectivity index (χ0) is 17.0. The van der Waals surface area contributed by atoms with Gasteiger partial charge in [0.25, 0.3) is 0 Å². The Morgan fingerprint density at radius 3 is 1.67 bits per heavy atom. The Labute approximate surface area is 147 Å². The van der Waals surface area contributed by atoms with Gasteiger partial charge in [-0.25, -0.2) is 8.42 Å². The summed E-state index contributed by atoms with van der Waals surface area (Å²) >= 11 is 1.57. The molecule has 0 saturated heterocycles. The number of hydrogen-bond acceptors (Lipinski definition) is 3. The van der Waals surface area contributed by atoms with Crippen molar-refractivity contribution >= 4 is 21.6 Å². The van der Waals surface area contributed by atoms with Crippen molar-refractivity contribution in [1.29, 1.82) is 0 Å². The summed E-state index contributed by atoms with van der Waals surface area (Å²) in [6.07, 6.45) is 1.26. The summed E-state index contributed by atoms with van der Waals surface area (Å²) in [5.41, 5.74) is 2.30. The second kappa shape index (κ2) is 7.24. The third-order valence-electron chi connectivity index (χ3n) is 3.70.